The quantitative estimate of drug-likeness (QED) is 0.845. The topological polar surface area (TPSA) is 40.5 Å². The monoisotopic (exact) mass is 267 g/mol. The third-order valence-electron chi connectivity index (χ3n) is 2.15. The van der Waals surface area contributed by atoms with Gasteiger partial charge in [-0.25, -0.2) is 0 Å². The minimum absolute atomic E-state index is 0.114. The molecule has 1 rings (SSSR count). The maximum atomic E-state index is 10.6. The molecule has 0 aliphatic heterocycles. The van der Waals surface area contributed by atoms with E-state index in [1.54, 1.807) is 0 Å². The summed E-state index contributed by atoms with van der Waals surface area (Å²) in [6, 6.07) is 9.94. The zero-order valence-electron chi connectivity index (χ0n) is 13.0. The Balaban J connectivity index is 0. The molecule has 3 nitrogen and oxygen atoms in total. The van der Waals surface area contributed by atoms with Gasteiger partial charge in [-0.2, -0.15) is 0 Å². The lowest BCUT2D eigenvalue weighted by Crippen LogP contribution is -2.29. The van der Waals surface area contributed by atoms with E-state index < -0.39 is 5.97 Å². The van der Waals surface area contributed by atoms with Crippen molar-refractivity contribution in [2.24, 2.45) is 0 Å². The largest absolute Gasteiger partial charge is 0.480 e. The second kappa shape index (κ2) is 14.7. The van der Waals surface area contributed by atoms with Crippen molar-refractivity contribution >= 4 is 5.97 Å². The van der Waals surface area contributed by atoms with Crippen molar-refractivity contribution in [3.8, 4) is 0 Å². The van der Waals surface area contributed by atoms with Crippen LogP contribution in [0.3, 0.4) is 0 Å². The summed E-state index contributed by atoms with van der Waals surface area (Å²) < 4.78 is 0. The number of hydrogen-bond donors (Lipinski definition) is 1. The number of carbonyl (C=O) groups is 1. The van der Waals surface area contributed by atoms with Gasteiger partial charge in [0.25, 0.3) is 0 Å². The average Bonchev–Trinajstić information content (AvgIpc) is 2.44. The summed E-state index contributed by atoms with van der Waals surface area (Å²) in [5.41, 5.74) is 1.16. The molecule has 0 spiro atoms. The minimum atomic E-state index is -0.764. The van der Waals surface area contributed by atoms with E-state index in [0.29, 0.717) is 6.54 Å². The van der Waals surface area contributed by atoms with Gasteiger partial charge in [-0.1, -0.05) is 65.0 Å². The lowest BCUT2D eigenvalue weighted by Gasteiger charge is -2.19. The zero-order valence-corrected chi connectivity index (χ0v) is 13.0. The van der Waals surface area contributed by atoms with Gasteiger partial charge in [-0.15, -0.1) is 0 Å². The van der Waals surface area contributed by atoms with E-state index in [0.717, 1.165) is 18.5 Å². The number of rotatable bonds is 6. The molecular weight excluding hydrogens is 238 g/mol. The molecule has 0 radical (unpaired) electrons. The molecule has 0 saturated heterocycles. The molecule has 0 aliphatic rings. The SMILES string of the molecule is CC.CC.CCCN(CC(=O)O)Cc1ccccc1. The molecule has 110 valence electrons. The molecule has 0 amide bonds. The fourth-order valence-corrected chi connectivity index (χ4v) is 1.56. The predicted octanol–water partition coefficient (Wildman–Crippen LogP) is 4.04. The lowest BCUT2D eigenvalue weighted by atomic mass is 10.2. The molecule has 0 aliphatic carbocycles. The van der Waals surface area contributed by atoms with E-state index >= 15 is 0 Å². The molecule has 1 aromatic carbocycles. The zero-order chi connectivity index (χ0) is 15.1. The average molecular weight is 267 g/mol. The second-order valence-corrected chi connectivity index (χ2v) is 3.59. The Morgan fingerprint density at radius 1 is 1.11 bits per heavy atom. The van der Waals surface area contributed by atoms with Gasteiger partial charge in [0.05, 0.1) is 6.54 Å². The van der Waals surface area contributed by atoms with Crippen molar-refractivity contribution in [2.45, 2.75) is 47.6 Å². The smallest absolute Gasteiger partial charge is 0.317 e. The van der Waals surface area contributed by atoms with Crippen LogP contribution >= 0.6 is 0 Å². The molecule has 1 N–H and O–H groups in total. The highest BCUT2D eigenvalue weighted by Gasteiger charge is 2.08. The van der Waals surface area contributed by atoms with Crippen LogP contribution < -0.4 is 0 Å². The number of carboxylic acids is 1. The first kappa shape index (κ1) is 20.0. The highest BCUT2D eigenvalue weighted by Crippen LogP contribution is 2.04. The van der Waals surface area contributed by atoms with Crippen molar-refractivity contribution in [2.75, 3.05) is 13.1 Å². The molecule has 0 bridgehead atoms. The van der Waals surface area contributed by atoms with Gasteiger partial charge in [0.15, 0.2) is 0 Å². The second-order valence-electron chi connectivity index (χ2n) is 3.59. The van der Waals surface area contributed by atoms with E-state index in [4.69, 9.17) is 5.11 Å². The summed E-state index contributed by atoms with van der Waals surface area (Å²) in [7, 11) is 0. The molecule has 19 heavy (non-hydrogen) atoms. The van der Waals surface area contributed by atoms with Crippen molar-refractivity contribution in [1.29, 1.82) is 0 Å². The molecule has 0 atom stereocenters. The number of nitrogens with zero attached hydrogens (tertiary/aromatic N) is 1. The van der Waals surface area contributed by atoms with Crippen LogP contribution in [-0.2, 0) is 11.3 Å². The summed E-state index contributed by atoms with van der Waals surface area (Å²) >= 11 is 0. The Kier molecular flexibility index (Phi) is 15.5. The molecule has 0 fully saturated rings. The lowest BCUT2D eigenvalue weighted by molar-refractivity contribution is -0.138. The molecular formula is C16H29NO2. The van der Waals surface area contributed by atoms with Gasteiger partial charge in [-0.05, 0) is 18.5 Å². The van der Waals surface area contributed by atoms with Crippen molar-refractivity contribution < 1.29 is 9.90 Å². The third-order valence-corrected chi connectivity index (χ3v) is 2.15. The molecule has 1 aromatic rings. The number of carboxylic acid groups (broad SMARTS) is 1. The van der Waals surface area contributed by atoms with Gasteiger partial charge in [0.2, 0.25) is 0 Å². The Morgan fingerprint density at radius 2 is 1.63 bits per heavy atom. The fourth-order valence-electron chi connectivity index (χ4n) is 1.56. The fraction of sp³-hybridized carbons (Fsp3) is 0.562. The number of benzene rings is 1. The van der Waals surface area contributed by atoms with Crippen LogP contribution in [0.2, 0.25) is 0 Å². The Morgan fingerprint density at radius 3 is 2.05 bits per heavy atom. The Labute approximate surface area is 118 Å². The summed E-state index contributed by atoms with van der Waals surface area (Å²) in [5.74, 6) is -0.764. The van der Waals surface area contributed by atoms with Crippen molar-refractivity contribution in [3.63, 3.8) is 0 Å². The van der Waals surface area contributed by atoms with Crippen LogP contribution in [0.4, 0.5) is 0 Å². The Hall–Kier alpha value is -1.35. The van der Waals surface area contributed by atoms with Crippen LogP contribution in [-0.4, -0.2) is 29.1 Å². The highest BCUT2D eigenvalue weighted by molar-refractivity contribution is 5.69. The van der Waals surface area contributed by atoms with Gasteiger partial charge in [-0.3, -0.25) is 9.69 Å². The predicted molar refractivity (Wildman–Crippen MR) is 82.3 cm³/mol. The first-order valence-electron chi connectivity index (χ1n) is 7.20. The first-order chi connectivity index (χ1) is 9.22. The normalized spacial score (nSPS) is 8.95. The van der Waals surface area contributed by atoms with Crippen LogP contribution in [0.15, 0.2) is 30.3 Å². The van der Waals surface area contributed by atoms with Crippen LogP contribution in [0, 0.1) is 0 Å². The number of hydrogen-bond acceptors (Lipinski definition) is 2. The summed E-state index contributed by atoms with van der Waals surface area (Å²) in [6.45, 7) is 11.7. The molecule has 0 saturated carbocycles. The molecule has 3 heteroatoms. The van der Waals surface area contributed by atoms with E-state index in [1.165, 1.54) is 0 Å². The summed E-state index contributed by atoms with van der Waals surface area (Å²) in [5, 5.41) is 8.75. The van der Waals surface area contributed by atoms with Crippen LogP contribution in [0.5, 0.6) is 0 Å². The summed E-state index contributed by atoms with van der Waals surface area (Å²) in [4.78, 5) is 12.6. The molecule has 0 aromatic heterocycles. The van der Waals surface area contributed by atoms with Crippen molar-refractivity contribution in [3.05, 3.63) is 35.9 Å². The molecule has 0 unspecified atom stereocenters. The Bertz CT molecular complexity index is 299. The van der Waals surface area contributed by atoms with Crippen molar-refractivity contribution in [1.82, 2.24) is 4.90 Å². The van der Waals surface area contributed by atoms with Crippen LogP contribution in [0.25, 0.3) is 0 Å². The maximum absolute atomic E-state index is 10.6. The van der Waals surface area contributed by atoms with E-state index in [2.05, 4.69) is 6.92 Å². The molecule has 0 heterocycles. The van der Waals surface area contributed by atoms with Gasteiger partial charge in [0.1, 0.15) is 0 Å². The third kappa shape index (κ3) is 11.5. The van der Waals surface area contributed by atoms with Gasteiger partial charge < -0.3 is 5.11 Å². The first-order valence-corrected chi connectivity index (χ1v) is 7.20. The summed E-state index contributed by atoms with van der Waals surface area (Å²) in [6.07, 6.45) is 0.972. The number of aliphatic carboxylic acids is 1. The minimum Gasteiger partial charge on any atom is -0.480 e. The van der Waals surface area contributed by atoms with Gasteiger partial charge >= 0.3 is 5.97 Å². The highest BCUT2D eigenvalue weighted by atomic mass is 16.4. The van der Waals surface area contributed by atoms with E-state index in [1.807, 2.05) is 62.9 Å². The standard InChI is InChI=1S/C12H17NO2.2C2H6/c1-2-8-13(10-12(14)15)9-11-6-4-3-5-7-11;2*1-2/h3-7H,2,8-10H2,1H3,(H,14,15);2*1-2H3. The van der Waals surface area contributed by atoms with Gasteiger partial charge in [0, 0.05) is 6.54 Å². The van der Waals surface area contributed by atoms with E-state index in [9.17, 15) is 4.79 Å². The van der Waals surface area contributed by atoms with Crippen LogP contribution in [0.1, 0.15) is 46.6 Å². The van der Waals surface area contributed by atoms with E-state index in [-0.39, 0.29) is 6.54 Å². The maximum Gasteiger partial charge on any atom is 0.317 e.